The van der Waals surface area contributed by atoms with E-state index < -0.39 is 23.7 Å². The van der Waals surface area contributed by atoms with Crippen LogP contribution in [0.2, 0.25) is 5.02 Å². The van der Waals surface area contributed by atoms with E-state index in [-0.39, 0.29) is 11.5 Å². The summed E-state index contributed by atoms with van der Waals surface area (Å²) in [7, 11) is 1.47. The van der Waals surface area contributed by atoms with Gasteiger partial charge in [0.2, 0.25) is 11.8 Å². The summed E-state index contributed by atoms with van der Waals surface area (Å²) >= 11 is 6.22. The van der Waals surface area contributed by atoms with Gasteiger partial charge in [-0.1, -0.05) is 17.7 Å². The van der Waals surface area contributed by atoms with Crippen molar-refractivity contribution in [1.29, 1.82) is 0 Å². The van der Waals surface area contributed by atoms with Gasteiger partial charge in [-0.2, -0.15) is 13.2 Å². The summed E-state index contributed by atoms with van der Waals surface area (Å²) in [6, 6.07) is 5.36. The molecule has 2 aromatic heterocycles. The van der Waals surface area contributed by atoms with Crippen molar-refractivity contribution in [2.45, 2.75) is 31.5 Å². The number of methoxy groups -OCH3 is 1. The first-order valence-corrected chi connectivity index (χ1v) is 9.81. The van der Waals surface area contributed by atoms with Crippen molar-refractivity contribution in [2.75, 3.05) is 7.11 Å². The summed E-state index contributed by atoms with van der Waals surface area (Å²) in [5, 5.41) is 3.09. The molecule has 0 spiro atoms. The first kappa shape index (κ1) is 21.2. The number of fused-ring (bicyclic) bond motifs is 1. The van der Waals surface area contributed by atoms with Crippen molar-refractivity contribution < 1.29 is 27.1 Å². The molecule has 2 heterocycles. The first-order chi connectivity index (χ1) is 14.8. The lowest BCUT2D eigenvalue weighted by atomic mass is 9.96. The molecule has 1 atom stereocenters. The van der Waals surface area contributed by atoms with Crippen molar-refractivity contribution >= 4 is 17.5 Å². The van der Waals surface area contributed by atoms with Crippen LogP contribution in [0.1, 0.15) is 46.3 Å². The van der Waals surface area contributed by atoms with Crippen molar-refractivity contribution in [3.8, 4) is 17.3 Å². The fraction of sp³-hybridized carbons (Fsp3) is 0.286. The van der Waals surface area contributed by atoms with Gasteiger partial charge in [0.1, 0.15) is 5.76 Å². The molecule has 10 heteroatoms. The number of benzene rings is 1. The molecule has 1 N–H and O–H groups in total. The van der Waals surface area contributed by atoms with E-state index in [1.54, 1.807) is 6.07 Å². The maximum atomic E-state index is 13.0. The highest BCUT2D eigenvalue weighted by Crippen LogP contribution is 2.37. The van der Waals surface area contributed by atoms with Crippen LogP contribution in [0.4, 0.5) is 13.2 Å². The number of hydrogen-bond acceptors (Lipinski definition) is 5. The van der Waals surface area contributed by atoms with Crippen molar-refractivity contribution in [3.05, 3.63) is 64.1 Å². The van der Waals surface area contributed by atoms with Crippen LogP contribution >= 0.6 is 11.6 Å². The number of hydrogen-bond donors (Lipinski definition) is 1. The zero-order valence-corrected chi connectivity index (χ0v) is 17.0. The average Bonchev–Trinajstić information content (AvgIpc) is 3.19. The molecule has 3 aromatic rings. The molecular weight excluding hydrogens is 435 g/mol. The lowest BCUT2D eigenvalue weighted by molar-refractivity contribution is -0.137. The third-order valence-corrected chi connectivity index (χ3v) is 5.28. The zero-order chi connectivity index (χ0) is 22.2. The Morgan fingerprint density at radius 2 is 2.13 bits per heavy atom. The van der Waals surface area contributed by atoms with Crippen LogP contribution in [-0.2, 0) is 12.6 Å². The number of ether oxygens (including phenoxy) is 1. The van der Waals surface area contributed by atoms with Crippen LogP contribution in [0.3, 0.4) is 0 Å². The second kappa shape index (κ2) is 8.22. The lowest BCUT2D eigenvalue weighted by Gasteiger charge is -2.21. The minimum atomic E-state index is -4.53. The van der Waals surface area contributed by atoms with Crippen LogP contribution < -0.4 is 10.1 Å². The molecule has 1 amide bonds. The van der Waals surface area contributed by atoms with Crippen LogP contribution in [0, 0.1) is 0 Å². The normalized spacial score (nSPS) is 16.0. The molecule has 1 aromatic carbocycles. The number of rotatable bonds is 4. The highest BCUT2D eigenvalue weighted by molar-refractivity contribution is 6.33. The summed E-state index contributed by atoms with van der Waals surface area (Å²) in [6.45, 7) is 0. The second-order valence-electron chi connectivity index (χ2n) is 7.03. The predicted molar refractivity (Wildman–Crippen MR) is 106 cm³/mol. The number of nitrogens with one attached hydrogen (secondary N) is 1. The molecule has 6 nitrogen and oxygen atoms in total. The van der Waals surface area contributed by atoms with E-state index in [4.69, 9.17) is 20.8 Å². The smallest absolute Gasteiger partial charge is 0.416 e. The van der Waals surface area contributed by atoms with Gasteiger partial charge in [-0.3, -0.25) is 4.79 Å². The Morgan fingerprint density at radius 1 is 1.32 bits per heavy atom. The summed E-state index contributed by atoms with van der Waals surface area (Å²) in [5.41, 5.74) is 0.199. The number of aryl methyl sites for hydroxylation is 1. The molecule has 0 unspecified atom stereocenters. The Balaban J connectivity index is 1.60. The molecular formula is C21H17ClF3N3O3. The number of pyridine rings is 1. The lowest BCUT2D eigenvalue weighted by Crippen LogP contribution is -2.30. The maximum absolute atomic E-state index is 13.0. The number of oxazole rings is 1. The van der Waals surface area contributed by atoms with Crippen molar-refractivity contribution in [1.82, 2.24) is 15.3 Å². The Morgan fingerprint density at radius 3 is 2.87 bits per heavy atom. The first-order valence-electron chi connectivity index (χ1n) is 9.44. The van der Waals surface area contributed by atoms with E-state index in [0.717, 1.165) is 18.6 Å². The van der Waals surface area contributed by atoms with E-state index in [9.17, 15) is 18.0 Å². The van der Waals surface area contributed by atoms with Gasteiger partial charge in [-0.15, -0.1) is 0 Å². The summed E-state index contributed by atoms with van der Waals surface area (Å²) in [5.74, 6) is 0.444. The van der Waals surface area contributed by atoms with Gasteiger partial charge >= 0.3 is 6.18 Å². The third kappa shape index (κ3) is 4.36. The number of aromatic nitrogens is 2. The predicted octanol–water partition coefficient (Wildman–Crippen LogP) is 5.22. The minimum absolute atomic E-state index is 0.0800. The van der Waals surface area contributed by atoms with Gasteiger partial charge in [0.05, 0.1) is 41.2 Å². The van der Waals surface area contributed by atoms with E-state index in [2.05, 4.69) is 15.3 Å². The Bertz CT molecular complexity index is 1130. The highest BCUT2D eigenvalue weighted by atomic mass is 35.5. The second-order valence-corrected chi connectivity index (χ2v) is 7.44. The molecule has 0 fully saturated rings. The molecule has 1 aliphatic rings. The molecule has 0 radical (unpaired) electrons. The minimum Gasteiger partial charge on any atom is -0.481 e. The molecule has 1 aliphatic carbocycles. The third-order valence-electron chi connectivity index (χ3n) is 4.98. The van der Waals surface area contributed by atoms with Crippen LogP contribution in [-0.4, -0.2) is 23.0 Å². The van der Waals surface area contributed by atoms with Crippen molar-refractivity contribution in [3.63, 3.8) is 0 Å². The quantitative estimate of drug-likeness (QED) is 0.588. The van der Waals surface area contributed by atoms with Gasteiger partial charge in [0.25, 0.3) is 5.91 Å². The van der Waals surface area contributed by atoms with Gasteiger partial charge in [-0.25, -0.2) is 9.97 Å². The molecule has 0 bridgehead atoms. The molecule has 31 heavy (non-hydrogen) atoms. The van der Waals surface area contributed by atoms with Gasteiger partial charge in [0.15, 0.2) is 0 Å². The Kier molecular flexibility index (Phi) is 5.62. The molecule has 4 rings (SSSR count). The number of nitrogens with zero attached hydrogens (tertiary/aromatic N) is 2. The van der Waals surface area contributed by atoms with E-state index >= 15 is 0 Å². The van der Waals surface area contributed by atoms with E-state index in [1.165, 1.54) is 25.4 Å². The molecule has 0 saturated heterocycles. The Hall–Kier alpha value is -3.07. The summed E-state index contributed by atoms with van der Waals surface area (Å²) < 4.78 is 49.9. The van der Waals surface area contributed by atoms with Gasteiger partial charge < -0.3 is 14.5 Å². The number of alkyl halides is 3. The molecule has 0 aliphatic heterocycles. The maximum Gasteiger partial charge on any atom is 0.416 e. The van der Waals surface area contributed by atoms with Crippen molar-refractivity contribution in [2.24, 2.45) is 0 Å². The summed E-state index contributed by atoms with van der Waals surface area (Å²) in [6.07, 6.45) is -1.15. The van der Waals surface area contributed by atoms with E-state index in [0.29, 0.717) is 40.8 Å². The van der Waals surface area contributed by atoms with Crippen LogP contribution in [0.15, 0.2) is 40.9 Å². The zero-order valence-electron chi connectivity index (χ0n) is 16.3. The molecule has 0 saturated carbocycles. The van der Waals surface area contributed by atoms with Gasteiger partial charge in [-0.05, 0) is 37.5 Å². The SMILES string of the molecule is COc1cc(-c2nc3c(o2)[C@@H](NC(=O)c2cccc(C(F)(F)F)c2)CCC3)c(Cl)cn1. The monoisotopic (exact) mass is 451 g/mol. The number of amides is 1. The Labute approximate surface area is 180 Å². The number of carbonyl (C=O) groups excluding carboxylic acids is 1. The fourth-order valence-electron chi connectivity index (χ4n) is 3.45. The number of halogens is 4. The topological polar surface area (TPSA) is 77.3 Å². The summed E-state index contributed by atoms with van der Waals surface area (Å²) in [4.78, 5) is 21.1. The van der Waals surface area contributed by atoms with E-state index in [1.807, 2.05) is 0 Å². The highest BCUT2D eigenvalue weighted by Gasteiger charge is 2.32. The van der Waals surface area contributed by atoms with Crippen LogP contribution in [0.5, 0.6) is 5.88 Å². The number of carbonyl (C=O) groups is 1. The van der Waals surface area contributed by atoms with Crippen LogP contribution in [0.25, 0.3) is 11.5 Å². The average molecular weight is 452 g/mol. The largest absolute Gasteiger partial charge is 0.481 e. The van der Waals surface area contributed by atoms with Gasteiger partial charge in [0, 0.05) is 11.6 Å². The fourth-order valence-corrected chi connectivity index (χ4v) is 3.63. The molecule has 162 valence electrons. The standard InChI is InChI=1S/C21H17ClF3N3O3/c1-30-17-9-13(14(22)10-26-17)20-28-16-7-3-6-15(18(16)31-20)27-19(29)11-4-2-5-12(8-11)21(23,24)25/h2,4-5,8-10,15H,3,6-7H2,1H3,(H,27,29)/t15-/m0/s1.